The van der Waals surface area contributed by atoms with Gasteiger partial charge in [0.05, 0.1) is 15.8 Å². The second kappa shape index (κ2) is 7.59. The van der Waals surface area contributed by atoms with Crippen LogP contribution in [0.5, 0.6) is 5.75 Å². The number of benzene rings is 2. The number of phenolic OH excluding ortho intramolecular Hbond substituents is 1. The zero-order valence-corrected chi connectivity index (χ0v) is 17.9. The molecule has 0 aliphatic carbocycles. The molecular weight excluding hydrogens is 408 g/mol. The van der Waals surface area contributed by atoms with E-state index in [2.05, 4.69) is 9.69 Å². The van der Waals surface area contributed by atoms with Crippen LogP contribution in [0.4, 0.5) is 8.78 Å². The highest BCUT2D eigenvalue weighted by Gasteiger charge is 2.38. The molecule has 8 heteroatoms. The van der Waals surface area contributed by atoms with Gasteiger partial charge >= 0.3 is 0 Å². The van der Waals surface area contributed by atoms with E-state index in [4.69, 9.17) is 0 Å². The smallest absolute Gasteiger partial charge is 0.255 e. The molecule has 0 saturated carbocycles. The lowest BCUT2D eigenvalue weighted by atomic mass is 9.94. The third-order valence-electron chi connectivity index (χ3n) is 6.08. The molecule has 1 saturated heterocycles. The van der Waals surface area contributed by atoms with E-state index in [9.17, 15) is 18.7 Å². The Kier molecular flexibility index (Phi) is 5.23. The third-order valence-corrected chi connectivity index (χ3v) is 6.93. The summed E-state index contributed by atoms with van der Waals surface area (Å²) in [6.45, 7) is 8.05. The van der Waals surface area contributed by atoms with Crippen LogP contribution in [-0.4, -0.2) is 44.5 Å². The minimum absolute atomic E-state index is 0.0579. The quantitative estimate of drug-likeness (QED) is 0.625. The topological polar surface area (TPSA) is 65.5 Å². The average molecular weight is 432 g/mol. The Balaban J connectivity index is 1.88. The maximum absolute atomic E-state index is 14.5. The number of nitrogens with one attached hydrogen (secondary N) is 1. The molecule has 4 atom stereocenters. The number of aromatic hydroxyl groups is 1. The van der Waals surface area contributed by atoms with Crippen molar-refractivity contribution in [1.29, 1.82) is 0 Å². The molecule has 1 aromatic heterocycles. The lowest BCUT2D eigenvalue weighted by Crippen LogP contribution is -2.65. The minimum atomic E-state index is -0.889. The van der Waals surface area contributed by atoms with Crippen LogP contribution >= 0.6 is 11.5 Å². The number of piperazine rings is 1. The number of fused-ring (bicyclic) bond motifs is 1. The Morgan fingerprint density at radius 1 is 1.07 bits per heavy atom. The minimum Gasteiger partial charge on any atom is -0.508 e. The summed E-state index contributed by atoms with van der Waals surface area (Å²) in [4.78, 5) is 15.5. The van der Waals surface area contributed by atoms with Crippen molar-refractivity contribution in [3.63, 3.8) is 0 Å². The zero-order valence-electron chi connectivity index (χ0n) is 17.1. The molecular formula is C22H23F2N3O2S. The van der Waals surface area contributed by atoms with Gasteiger partial charge in [0, 0.05) is 47.9 Å². The number of nitrogens with zero attached hydrogens (tertiary/aromatic N) is 2. The fourth-order valence-corrected chi connectivity index (χ4v) is 4.91. The van der Waals surface area contributed by atoms with Crippen LogP contribution in [0, 0.1) is 11.6 Å². The van der Waals surface area contributed by atoms with Gasteiger partial charge in [0.25, 0.3) is 5.91 Å². The molecule has 158 valence electrons. The van der Waals surface area contributed by atoms with Crippen LogP contribution in [0.25, 0.3) is 21.2 Å². The summed E-state index contributed by atoms with van der Waals surface area (Å²) in [6.07, 6.45) is 1.59. The third kappa shape index (κ3) is 3.33. The number of carbonyl (C=O) groups is 1. The monoisotopic (exact) mass is 431 g/mol. The van der Waals surface area contributed by atoms with Gasteiger partial charge in [-0.2, -0.15) is 4.37 Å². The molecule has 30 heavy (non-hydrogen) atoms. The van der Waals surface area contributed by atoms with E-state index < -0.39 is 17.4 Å². The van der Waals surface area contributed by atoms with Crippen molar-refractivity contribution < 1.29 is 18.7 Å². The van der Waals surface area contributed by atoms with Crippen LogP contribution in [0.2, 0.25) is 0 Å². The number of phenols is 1. The van der Waals surface area contributed by atoms with Crippen LogP contribution in [-0.2, 0) is 0 Å². The Labute approximate surface area is 177 Å². The molecule has 1 aliphatic rings. The molecule has 1 aliphatic heterocycles. The molecule has 0 spiro atoms. The maximum atomic E-state index is 14.5. The van der Waals surface area contributed by atoms with E-state index in [0.717, 1.165) is 12.1 Å². The highest BCUT2D eigenvalue weighted by Crippen LogP contribution is 2.35. The Morgan fingerprint density at radius 3 is 2.27 bits per heavy atom. The highest BCUT2D eigenvalue weighted by molar-refractivity contribution is 7.13. The van der Waals surface area contributed by atoms with Gasteiger partial charge in [-0.25, -0.2) is 8.78 Å². The van der Waals surface area contributed by atoms with E-state index in [1.165, 1.54) is 17.6 Å². The summed E-state index contributed by atoms with van der Waals surface area (Å²) in [5.41, 5.74) is 0.326. The summed E-state index contributed by atoms with van der Waals surface area (Å²) in [5.74, 6) is -2.46. The predicted molar refractivity (Wildman–Crippen MR) is 114 cm³/mol. The largest absolute Gasteiger partial charge is 0.508 e. The van der Waals surface area contributed by atoms with E-state index in [1.807, 2.05) is 32.6 Å². The number of carbonyl (C=O) groups excluding carboxylic acids is 1. The Morgan fingerprint density at radius 2 is 1.67 bits per heavy atom. The van der Waals surface area contributed by atoms with Gasteiger partial charge in [0.2, 0.25) is 0 Å². The second-order valence-electron chi connectivity index (χ2n) is 7.99. The fraction of sp³-hybridized carbons (Fsp3) is 0.364. The Bertz CT molecular complexity index is 1100. The van der Waals surface area contributed by atoms with Crippen molar-refractivity contribution in [2.45, 2.75) is 51.9 Å². The van der Waals surface area contributed by atoms with Gasteiger partial charge in [-0.3, -0.25) is 4.79 Å². The Hall–Kier alpha value is -2.58. The molecule has 2 N–H and O–H groups in total. The van der Waals surface area contributed by atoms with Gasteiger partial charge in [0.15, 0.2) is 0 Å². The maximum Gasteiger partial charge on any atom is 0.255 e. The van der Waals surface area contributed by atoms with Crippen molar-refractivity contribution in [2.75, 3.05) is 0 Å². The van der Waals surface area contributed by atoms with Crippen molar-refractivity contribution in [3.05, 3.63) is 47.7 Å². The molecule has 3 aromatic rings. The number of aromatic nitrogens is 1. The first kappa shape index (κ1) is 20.7. The fourth-order valence-electron chi connectivity index (χ4n) is 4.18. The van der Waals surface area contributed by atoms with Crippen LogP contribution < -0.4 is 5.32 Å². The normalized spacial score (nSPS) is 24.4. The molecule has 0 bridgehead atoms. The van der Waals surface area contributed by atoms with Crippen LogP contribution in [0.3, 0.4) is 0 Å². The van der Waals surface area contributed by atoms with Gasteiger partial charge in [-0.1, -0.05) is 0 Å². The standard InChI is InChI=1S/C22H23F2N3O2S/c1-10-12(3)27(13(4)11(2)26-10)22(29)17-6-14(5-15-9-25-30-21(15)17)20-18(23)7-16(28)8-19(20)24/h5-13,26,28H,1-4H3. The molecule has 4 rings (SSSR count). The molecule has 1 amide bonds. The van der Waals surface area contributed by atoms with Crippen molar-refractivity contribution in [2.24, 2.45) is 0 Å². The molecule has 2 heterocycles. The lowest BCUT2D eigenvalue weighted by Gasteiger charge is -2.47. The predicted octanol–water partition coefficient (Wildman–Crippen LogP) is 4.55. The van der Waals surface area contributed by atoms with E-state index in [-0.39, 0.29) is 41.2 Å². The second-order valence-corrected chi connectivity index (χ2v) is 8.79. The number of hydrogen-bond acceptors (Lipinski definition) is 5. The first-order valence-electron chi connectivity index (χ1n) is 9.84. The van der Waals surface area contributed by atoms with E-state index in [0.29, 0.717) is 15.6 Å². The molecule has 1 fully saturated rings. The van der Waals surface area contributed by atoms with Gasteiger partial charge in [-0.15, -0.1) is 0 Å². The zero-order chi connectivity index (χ0) is 21.7. The summed E-state index contributed by atoms with van der Waals surface area (Å²) in [6, 6.07) is 4.96. The molecule has 2 aromatic carbocycles. The number of rotatable bonds is 2. The summed E-state index contributed by atoms with van der Waals surface area (Å²) < 4.78 is 33.9. The van der Waals surface area contributed by atoms with Crippen LogP contribution in [0.15, 0.2) is 30.5 Å². The van der Waals surface area contributed by atoms with Crippen molar-refractivity contribution in [3.8, 4) is 16.9 Å². The summed E-state index contributed by atoms with van der Waals surface area (Å²) in [7, 11) is 0. The van der Waals surface area contributed by atoms with Gasteiger partial charge in [-0.05, 0) is 56.9 Å². The van der Waals surface area contributed by atoms with Gasteiger partial charge < -0.3 is 15.3 Å². The number of hydrogen-bond donors (Lipinski definition) is 2. The lowest BCUT2D eigenvalue weighted by molar-refractivity contribution is 0.0370. The number of amides is 1. The van der Waals surface area contributed by atoms with E-state index in [1.54, 1.807) is 12.3 Å². The first-order valence-corrected chi connectivity index (χ1v) is 10.6. The molecule has 4 unspecified atom stereocenters. The average Bonchev–Trinajstić information content (AvgIpc) is 3.13. The SMILES string of the molecule is CC1NC(C)C(C)N(C(=O)c2cc(-c3c(F)cc(O)cc3F)cc3cnsc23)C1C. The first-order chi connectivity index (χ1) is 14.2. The van der Waals surface area contributed by atoms with Crippen molar-refractivity contribution in [1.82, 2.24) is 14.6 Å². The van der Waals surface area contributed by atoms with Gasteiger partial charge in [0.1, 0.15) is 17.4 Å². The number of halogens is 2. The summed E-state index contributed by atoms with van der Waals surface area (Å²) in [5, 5.41) is 13.6. The van der Waals surface area contributed by atoms with Crippen molar-refractivity contribution >= 4 is 27.5 Å². The van der Waals surface area contributed by atoms with E-state index >= 15 is 0 Å². The molecule has 0 radical (unpaired) electrons. The summed E-state index contributed by atoms with van der Waals surface area (Å²) >= 11 is 1.18. The molecule has 5 nitrogen and oxygen atoms in total. The highest BCUT2D eigenvalue weighted by atomic mass is 32.1. The van der Waals surface area contributed by atoms with Crippen LogP contribution in [0.1, 0.15) is 38.1 Å².